The molecule has 1 saturated heterocycles. The van der Waals surface area contributed by atoms with E-state index in [2.05, 4.69) is 64.9 Å². The van der Waals surface area contributed by atoms with Crippen LogP contribution in [0, 0.1) is 19.8 Å². The molecule has 0 saturated carbocycles. The molecular formula is C22H25N3O3. The molecule has 6 heteroatoms. The molecule has 6 nitrogen and oxygen atoms in total. The molecule has 0 amide bonds. The van der Waals surface area contributed by atoms with Gasteiger partial charge in [0.2, 0.25) is 0 Å². The van der Waals surface area contributed by atoms with Crippen molar-refractivity contribution >= 4 is 6.47 Å². The number of aryl methyl sites for hydroxylation is 2. The Hall–Kier alpha value is -2.99. The second-order valence-corrected chi connectivity index (χ2v) is 6.99. The number of benzene rings is 1. The summed E-state index contributed by atoms with van der Waals surface area (Å²) in [7, 11) is 0. The van der Waals surface area contributed by atoms with E-state index in [-0.39, 0.29) is 6.47 Å². The van der Waals surface area contributed by atoms with Crippen molar-refractivity contribution in [1.29, 1.82) is 0 Å². The average molecular weight is 379 g/mol. The zero-order valence-electron chi connectivity index (χ0n) is 16.2. The molecule has 3 aromatic rings. The number of nitrogens with zero attached hydrogens (tertiary/aromatic N) is 3. The van der Waals surface area contributed by atoms with E-state index in [9.17, 15) is 0 Å². The van der Waals surface area contributed by atoms with Gasteiger partial charge in [-0.25, -0.2) is 4.98 Å². The van der Waals surface area contributed by atoms with Crippen LogP contribution in [0.3, 0.4) is 0 Å². The largest absolute Gasteiger partial charge is 0.483 e. The molecule has 0 spiro atoms. The predicted molar refractivity (Wildman–Crippen MR) is 107 cm³/mol. The number of pyridine rings is 1. The number of imidazole rings is 1. The smallest absolute Gasteiger partial charge is 0.290 e. The number of hydrogen-bond acceptors (Lipinski definition) is 4. The van der Waals surface area contributed by atoms with Crippen molar-refractivity contribution in [1.82, 2.24) is 14.5 Å². The van der Waals surface area contributed by atoms with Crippen molar-refractivity contribution in [3.63, 3.8) is 0 Å². The predicted octanol–water partition coefficient (Wildman–Crippen LogP) is 3.69. The molecule has 3 heterocycles. The normalized spacial score (nSPS) is 18.4. The molecule has 0 unspecified atom stereocenters. The third kappa shape index (κ3) is 4.46. The second kappa shape index (κ2) is 9.28. The van der Waals surface area contributed by atoms with Gasteiger partial charge in [-0.15, -0.1) is 0 Å². The third-order valence-corrected chi connectivity index (χ3v) is 5.20. The summed E-state index contributed by atoms with van der Waals surface area (Å²) < 4.78 is 8.13. The zero-order chi connectivity index (χ0) is 19.9. The highest BCUT2D eigenvalue weighted by atomic mass is 16.5. The Morgan fingerprint density at radius 1 is 1.14 bits per heavy atom. The molecule has 1 N–H and O–H groups in total. The Kier molecular flexibility index (Phi) is 6.55. The monoisotopic (exact) mass is 379 g/mol. The molecule has 4 rings (SSSR count). The second-order valence-electron chi connectivity index (χ2n) is 6.99. The first-order valence-corrected chi connectivity index (χ1v) is 9.29. The van der Waals surface area contributed by atoms with E-state index in [4.69, 9.17) is 14.6 Å². The number of rotatable bonds is 4. The minimum atomic E-state index is -0.250. The number of hydrogen-bond donors (Lipinski definition) is 1. The molecule has 0 aliphatic carbocycles. The molecule has 1 fully saturated rings. The van der Waals surface area contributed by atoms with Crippen LogP contribution < -0.4 is 0 Å². The quantitative estimate of drug-likeness (QED) is 0.700. The lowest BCUT2D eigenvalue weighted by molar-refractivity contribution is -0.122. The maximum Gasteiger partial charge on any atom is 0.290 e. The molecule has 1 aromatic carbocycles. The Balaban J connectivity index is 0.000000706. The van der Waals surface area contributed by atoms with Crippen LogP contribution in [0.15, 0.2) is 55.1 Å². The maximum atomic E-state index is 8.36. The van der Waals surface area contributed by atoms with Crippen LogP contribution in [-0.4, -0.2) is 39.3 Å². The number of aromatic nitrogens is 3. The van der Waals surface area contributed by atoms with Gasteiger partial charge in [0.25, 0.3) is 6.47 Å². The highest BCUT2D eigenvalue weighted by molar-refractivity contribution is 5.58. The fourth-order valence-corrected chi connectivity index (χ4v) is 3.60. The van der Waals surface area contributed by atoms with Gasteiger partial charge in [0.1, 0.15) is 5.82 Å². The van der Waals surface area contributed by atoms with E-state index in [1.165, 1.54) is 22.3 Å². The van der Waals surface area contributed by atoms with Crippen LogP contribution in [0.5, 0.6) is 0 Å². The molecule has 0 bridgehead atoms. The van der Waals surface area contributed by atoms with Crippen molar-refractivity contribution in [2.24, 2.45) is 5.92 Å². The van der Waals surface area contributed by atoms with Crippen LogP contribution in [-0.2, 0) is 16.0 Å². The molecule has 1 aliphatic rings. The Labute approximate surface area is 164 Å². The average Bonchev–Trinajstić information content (AvgIpc) is 3.34. The van der Waals surface area contributed by atoms with Crippen molar-refractivity contribution in [3.05, 3.63) is 71.8 Å². The number of ether oxygens (including phenoxy) is 1. The van der Waals surface area contributed by atoms with Crippen LogP contribution >= 0.6 is 0 Å². The summed E-state index contributed by atoms with van der Waals surface area (Å²) in [5.74, 6) is 1.47. The molecule has 28 heavy (non-hydrogen) atoms. The first-order valence-electron chi connectivity index (χ1n) is 9.29. The highest BCUT2D eigenvalue weighted by Crippen LogP contribution is 2.33. The molecule has 146 valence electrons. The lowest BCUT2D eigenvalue weighted by Gasteiger charge is -2.21. The van der Waals surface area contributed by atoms with Gasteiger partial charge in [-0.3, -0.25) is 9.78 Å². The summed E-state index contributed by atoms with van der Waals surface area (Å²) in [6.07, 6.45) is 8.70. The fourth-order valence-electron chi connectivity index (χ4n) is 3.60. The number of carbonyl (C=O) groups is 1. The lowest BCUT2D eigenvalue weighted by Crippen LogP contribution is -2.20. The van der Waals surface area contributed by atoms with Crippen molar-refractivity contribution < 1.29 is 14.6 Å². The summed E-state index contributed by atoms with van der Waals surface area (Å²) in [6, 6.07) is 11.0. The Morgan fingerprint density at radius 3 is 2.61 bits per heavy atom. The van der Waals surface area contributed by atoms with E-state index < -0.39 is 0 Å². The van der Waals surface area contributed by atoms with Gasteiger partial charge in [0.15, 0.2) is 0 Å². The first-order chi connectivity index (χ1) is 13.6. The van der Waals surface area contributed by atoms with Gasteiger partial charge < -0.3 is 14.4 Å². The van der Waals surface area contributed by atoms with Crippen molar-refractivity contribution in [3.8, 4) is 11.4 Å². The molecule has 0 radical (unpaired) electrons. The SMILES string of the molecule is Cc1ccc(-c2nccn2[C@@H]2COC[C@@H]2Cc2ccncc2)cc1C.O=CO. The molecule has 1 aliphatic heterocycles. The minimum absolute atomic E-state index is 0.250. The fraction of sp³-hybridized carbons (Fsp3) is 0.318. The topological polar surface area (TPSA) is 77.2 Å². The molecule has 2 atom stereocenters. The maximum absolute atomic E-state index is 8.36. The Bertz CT molecular complexity index is 908. The molecular weight excluding hydrogens is 354 g/mol. The minimum Gasteiger partial charge on any atom is -0.483 e. The van der Waals surface area contributed by atoms with E-state index in [1.54, 1.807) is 0 Å². The molecule has 2 aromatic heterocycles. The summed E-state index contributed by atoms with van der Waals surface area (Å²) >= 11 is 0. The summed E-state index contributed by atoms with van der Waals surface area (Å²) in [6.45, 7) is 5.57. The number of carboxylic acid groups (broad SMARTS) is 1. The summed E-state index contributed by atoms with van der Waals surface area (Å²) in [5, 5.41) is 6.89. The zero-order valence-corrected chi connectivity index (χ0v) is 16.2. The van der Waals surface area contributed by atoms with Gasteiger partial charge in [-0.05, 0) is 55.2 Å². The van der Waals surface area contributed by atoms with E-state index in [1.807, 2.05) is 18.6 Å². The van der Waals surface area contributed by atoms with Crippen LogP contribution in [0.1, 0.15) is 22.7 Å². The summed E-state index contributed by atoms with van der Waals surface area (Å²) in [5.41, 5.74) is 5.08. The van der Waals surface area contributed by atoms with Gasteiger partial charge in [0.05, 0.1) is 19.3 Å². The van der Waals surface area contributed by atoms with Gasteiger partial charge in [-0.2, -0.15) is 0 Å². The lowest BCUT2D eigenvalue weighted by atomic mass is 9.95. The van der Waals surface area contributed by atoms with Gasteiger partial charge in [0, 0.05) is 36.3 Å². The van der Waals surface area contributed by atoms with Crippen molar-refractivity contribution in [2.45, 2.75) is 26.3 Å². The van der Waals surface area contributed by atoms with E-state index >= 15 is 0 Å². The highest BCUT2D eigenvalue weighted by Gasteiger charge is 2.31. The third-order valence-electron chi connectivity index (χ3n) is 5.20. The van der Waals surface area contributed by atoms with Crippen molar-refractivity contribution in [2.75, 3.05) is 13.2 Å². The van der Waals surface area contributed by atoms with E-state index in [0.717, 1.165) is 25.5 Å². The Morgan fingerprint density at radius 2 is 1.89 bits per heavy atom. The van der Waals surface area contributed by atoms with Crippen LogP contribution in [0.2, 0.25) is 0 Å². The standard InChI is InChI=1S/C21H23N3O.CH2O2/c1-15-3-4-18(11-16(15)2)21-23-9-10-24(21)20-14-25-13-19(20)12-17-5-7-22-8-6-17;2-1-3/h3-11,19-20H,12-14H2,1-2H3;1H,(H,2,3)/t19-,20+;/m0./s1. The first kappa shape index (κ1) is 19.8. The van der Waals surface area contributed by atoms with Crippen LogP contribution in [0.25, 0.3) is 11.4 Å². The van der Waals surface area contributed by atoms with Gasteiger partial charge in [-0.1, -0.05) is 12.1 Å². The summed E-state index contributed by atoms with van der Waals surface area (Å²) in [4.78, 5) is 17.1. The van der Waals surface area contributed by atoms with E-state index in [0.29, 0.717) is 12.0 Å². The van der Waals surface area contributed by atoms with Crippen LogP contribution in [0.4, 0.5) is 0 Å². The van der Waals surface area contributed by atoms with Gasteiger partial charge >= 0.3 is 0 Å².